The molecule has 0 aliphatic rings. The fourth-order valence-corrected chi connectivity index (χ4v) is 1.68. The Bertz CT molecular complexity index is 412. The van der Waals surface area contributed by atoms with Crippen LogP contribution in [-0.2, 0) is 4.79 Å². The molecule has 15 heavy (non-hydrogen) atoms. The topological polar surface area (TPSA) is 74.6 Å². The van der Waals surface area contributed by atoms with E-state index >= 15 is 0 Å². The molecule has 0 saturated carbocycles. The molecule has 0 bridgehead atoms. The summed E-state index contributed by atoms with van der Waals surface area (Å²) in [7, 11) is 0. The van der Waals surface area contributed by atoms with Gasteiger partial charge in [0.1, 0.15) is 0 Å². The lowest BCUT2D eigenvalue weighted by atomic mass is 10.2. The number of carboxylic acid groups (broad SMARTS) is 2. The van der Waals surface area contributed by atoms with Gasteiger partial charge >= 0.3 is 11.9 Å². The summed E-state index contributed by atoms with van der Waals surface area (Å²) in [6.45, 7) is 0. The summed E-state index contributed by atoms with van der Waals surface area (Å²) >= 11 is 1.06. The molecule has 0 amide bonds. The van der Waals surface area contributed by atoms with E-state index in [2.05, 4.69) is 0 Å². The third-order valence-electron chi connectivity index (χ3n) is 1.52. The first-order valence-corrected chi connectivity index (χ1v) is 4.87. The van der Waals surface area contributed by atoms with Crippen molar-refractivity contribution in [1.82, 2.24) is 0 Å². The zero-order valence-electron chi connectivity index (χ0n) is 7.58. The van der Waals surface area contributed by atoms with Gasteiger partial charge in [-0.3, -0.25) is 0 Å². The van der Waals surface area contributed by atoms with E-state index in [1.807, 2.05) is 0 Å². The second kappa shape index (κ2) is 5.21. The molecule has 0 aliphatic heterocycles. The number of rotatable bonds is 4. The van der Waals surface area contributed by atoms with Gasteiger partial charge in [0.25, 0.3) is 0 Å². The first-order valence-electron chi connectivity index (χ1n) is 3.99. The van der Waals surface area contributed by atoms with Crippen LogP contribution in [0.2, 0.25) is 0 Å². The van der Waals surface area contributed by atoms with Crippen LogP contribution in [0.1, 0.15) is 10.4 Å². The summed E-state index contributed by atoms with van der Waals surface area (Å²) in [6, 6.07) is 6.41. The number of benzene rings is 1. The summed E-state index contributed by atoms with van der Waals surface area (Å²) in [5, 5.41) is 18.5. The molecule has 1 rings (SSSR count). The van der Waals surface area contributed by atoms with E-state index in [4.69, 9.17) is 10.2 Å². The lowest BCUT2D eigenvalue weighted by Crippen LogP contribution is -1.97. The van der Waals surface area contributed by atoms with Crippen LogP contribution in [0.4, 0.5) is 0 Å². The molecule has 1 aromatic rings. The maximum absolute atomic E-state index is 10.8. The monoisotopic (exact) mass is 224 g/mol. The maximum atomic E-state index is 10.8. The fraction of sp³-hybridized carbons (Fsp3) is 0. The lowest BCUT2D eigenvalue weighted by Gasteiger charge is -2.00. The van der Waals surface area contributed by atoms with E-state index in [0.29, 0.717) is 4.90 Å². The highest BCUT2D eigenvalue weighted by atomic mass is 32.2. The molecule has 0 aromatic heterocycles. The smallest absolute Gasteiger partial charge is 0.336 e. The predicted octanol–water partition coefficient (Wildman–Crippen LogP) is 2.08. The van der Waals surface area contributed by atoms with Crippen LogP contribution in [-0.4, -0.2) is 22.2 Å². The Hall–Kier alpha value is -1.75. The maximum Gasteiger partial charge on any atom is 0.336 e. The second-order valence-corrected chi connectivity index (χ2v) is 3.51. The average molecular weight is 224 g/mol. The zero-order valence-corrected chi connectivity index (χ0v) is 8.40. The minimum atomic E-state index is -1.06. The lowest BCUT2D eigenvalue weighted by molar-refractivity contribution is -0.131. The number of carboxylic acids is 2. The van der Waals surface area contributed by atoms with E-state index in [9.17, 15) is 9.59 Å². The zero-order chi connectivity index (χ0) is 11.3. The first kappa shape index (κ1) is 11.3. The number of hydrogen-bond donors (Lipinski definition) is 2. The highest BCUT2D eigenvalue weighted by Crippen LogP contribution is 2.23. The molecular weight excluding hydrogens is 216 g/mol. The molecule has 0 fully saturated rings. The largest absolute Gasteiger partial charge is 0.478 e. The minimum Gasteiger partial charge on any atom is -0.478 e. The summed E-state index contributed by atoms with van der Waals surface area (Å²) in [4.78, 5) is 21.5. The highest BCUT2D eigenvalue weighted by molar-refractivity contribution is 8.02. The molecule has 2 N–H and O–H groups in total. The van der Waals surface area contributed by atoms with E-state index in [-0.39, 0.29) is 5.56 Å². The van der Waals surface area contributed by atoms with Gasteiger partial charge in [-0.2, -0.15) is 0 Å². The molecule has 78 valence electrons. The van der Waals surface area contributed by atoms with E-state index in [0.717, 1.165) is 17.8 Å². The number of aliphatic carboxylic acids is 1. The van der Waals surface area contributed by atoms with Crippen LogP contribution in [0.25, 0.3) is 0 Å². The normalized spacial score (nSPS) is 10.4. The van der Waals surface area contributed by atoms with Gasteiger partial charge < -0.3 is 10.2 Å². The summed E-state index contributed by atoms with van der Waals surface area (Å²) in [5.74, 6) is -2.09. The molecule has 0 aliphatic carbocycles. The third-order valence-corrected chi connectivity index (χ3v) is 2.41. The molecule has 0 unspecified atom stereocenters. The van der Waals surface area contributed by atoms with Crippen molar-refractivity contribution in [2.24, 2.45) is 0 Å². The van der Waals surface area contributed by atoms with Crippen molar-refractivity contribution >= 4 is 23.7 Å². The summed E-state index contributed by atoms with van der Waals surface area (Å²) in [6.07, 6.45) is 0.962. The molecule has 0 saturated heterocycles. The average Bonchev–Trinajstić information content (AvgIpc) is 2.17. The quantitative estimate of drug-likeness (QED) is 0.605. The molecular formula is C10H8O4S. The van der Waals surface area contributed by atoms with Crippen molar-refractivity contribution in [3.05, 3.63) is 41.3 Å². The van der Waals surface area contributed by atoms with Crippen molar-refractivity contribution in [3.8, 4) is 0 Å². The highest BCUT2D eigenvalue weighted by Gasteiger charge is 2.07. The van der Waals surface area contributed by atoms with Crippen molar-refractivity contribution in [2.45, 2.75) is 4.90 Å². The van der Waals surface area contributed by atoms with Crippen molar-refractivity contribution < 1.29 is 19.8 Å². The van der Waals surface area contributed by atoms with Gasteiger partial charge in [0.2, 0.25) is 0 Å². The van der Waals surface area contributed by atoms with Gasteiger partial charge in [0.05, 0.1) is 5.56 Å². The molecule has 1 aromatic carbocycles. The molecule has 0 radical (unpaired) electrons. The molecule has 0 spiro atoms. The Balaban J connectivity index is 2.85. The van der Waals surface area contributed by atoms with Gasteiger partial charge in [0, 0.05) is 11.0 Å². The SMILES string of the molecule is O=C(O)/C=C\Sc1ccccc1C(=O)O. The van der Waals surface area contributed by atoms with Gasteiger partial charge in [0.15, 0.2) is 0 Å². The van der Waals surface area contributed by atoms with Crippen molar-refractivity contribution in [2.75, 3.05) is 0 Å². The Morgan fingerprint density at radius 1 is 1.20 bits per heavy atom. The van der Waals surface area contributed by atoms with Crippen molar-refractivity contribution in [1.29, 1.82) is 0 Å². The van der Waals surface area contributed by atoms with Crippen LogP contribution in [0.3, 0.4) is 0 Å². The summed E-state index contributed by atoms with van der Waals surface area (Å²) < 4.78 is 0. The Kier molecular flexibility index (Phi) is 3.93. The van der Waals surface area contributed by atoms with Crippen LogP contribution < -0.4 is 0 Å². The summed E-state index contributed by atoms with van der Waals surface area (Å²) in [5.41, 5.74) is 0.164. The van der Waals surface area contributed by atoms with Gasteiger partial charge in [-0.15, -0.1) is 0 Å². The minimum absolute atomic E-state index is 0.164. The predicted molar refractivity (Wildman–Crippen MR) is 56.0 cm³/mol. The molecule has 0 atom stereocenters. The molecule has 4 nitrogen and oxygen atoms in total. The van der Waals surface area contributed by atoms with E-state index in [1.54, 1.807) is 18.2 Å². The van der Waals surface area contributed by atoms with E-state index in [1.165, 1.54) is 11.5 Å². The number of thioether (sulfide) groups is 1. The number of aromatic carboxylic acids is 1. The van der Waals surface area contributed by atoms with Crippen LogP contribution in [0.15, 0.2) is 40.6 Å². The van der Waals surface area contributed by atoms with Crippen molar-refractivity contribution in [3.63, 3.8) is 0 Å². The third kappa shape index (κ3) is 3.47. The van der Waals surface area contributed by atoms with Gasteiger partial charge in [-0.1, -0.05) is 23.9 Å². The molecule has 5 heteroatoms. The van der Waals surface area contributed by atoms with Crippen LogP contribution in [0.5, 0.6) is 0 Å². The number of hydrogen-bond acceptors (Lipinski definition) is 3. The Labute approximate surface area is 90.2 Å². The molecule has 0 heterocycles. The van der Waals surface area contributed by atoms with Crippen LogP contribution in [0, 0.1) is 0 Å². The Morgan fingerprint density at radius 2 is 1.87 bits per heavy atom. The first-order chi connectivity index (χ1) is 7.11. The fourth-order valence-electron chi connectivity index (χ4n) is 0.912. The van der Waals surface area contributed by atoms with Crippen LogP contribution >= 0.6 is 11.8 Å². The Morgan fingerprint density at radius 3 is 2.47 bits per heavy atom. The van der Waals surface area contributed by atoms with Gasteiger partial charge in [-0.25, -0.2) is 9.59 Å². The number of carbonyl (C=O) groups is 2. The standard InChI is InChI=1S/C10H8O4S/c11-9(12)5-6-15-8-4-2-1-3-7(8)10(13)14/h1-6H,(H,11,12)(H,13,14)/b6-5-. The second-order valence-electron chi connectivity index (χ2n) is 2.56. The van der Waals surface area contributed by atoms with Gasteiger partial charge in [-0.05, 0) is 17.5 Å². The van der Waals surface area contributed by atoms with E-state index < -0.39 is 11.9 Å².